The van der Waals surface area contributed by atoms with Crippen molar-refractivity contribution in [2.24, 2.45) is 0 Å². The fourth-order valence-electron chi connectivity index (χ4n) is 0.714. The molecule has 0 aromatic carbocycles. The normalized spacial score (nSPS) is 24.3. The molecule has 1 aliphatic heterocycles. The van der Waals surface area contributed by atoms with Crippen LogP contribution in [0.1, 0.15) is 11.9 Å². The maximum atomic E-state index is 5.51. The molecule has 0 N–H and O–H groups in total. The molecule has 1 fully saturated rings. The molecule has 2 heterocycles. The van der Waals surface area contributed by atoms with Crippen LogP contribution < -0.4 is 0 Å². The van der Waals surface area contributed by atoms with E-state index in [1.165, 1.54) is 0 Å². The first kappa shape index (κ1) is 5.33. The lowest BCUT2D eigenvalue weighted by atomic mass is 10.4. The summed E-state index contributed by atoms with van der Waals surface area (Å²) < 4.78 is 10.0. The summed E-state index contributed by atoms with van der Waals surface area (Å²) in [6.07, 6.45) is 0.178. The van der Waals surface area contributed by atoms with E-state index in [9.17, 15) is 0 Å². The Morgan fingerprint density at radius 2 is 2.33 bits per heavy atom. The van der Waals surface area contributed by atoms with Crippen molar-refractivity contribution in [3.63, 3.8) is 0 Å². The third-order valence-electron chi connectivity index (χ3n) is 1.24. The maximum Gasteiger partial charge on any atom is 0.193 e. The van der Waals surface area contributed by atoms with Gasteiger partial charge in [-0.2, -0.15) is 0 Å². The van der Waals surface area contributed by atoms with Crippen molar-refractivity contribution in [3.05, 3.63) is 23.1 Å². The van der Waals surface area contributed by atoms with E-state index >= 15 is 0 Å². The van der Waals surface area contributed by atoms with Crippen LogP contribution in [0.2, 0.25) is 5.22 Å². The molecule has 0 spiro atoms. The van der Waals surface area contributed by atoms with Crippen LogP contribution in [0.4, 0.5) is 0 Å². The topological polar surface area (TPSA) is 25.7 Å². The van der Waals surface area contributed by atoms with Crippen molar-refractivity contribution >= 4 is 11.6 Å². The van der Waals surface area contributed by atoms with Crippen molar-refractivity contribution in [3.8, 4) is 0 Å². The fourth-order valence-corrected chi connectivity index (χ4v) is 0.866. The van der Waals surface area contributed by atoms with E-state index < -0.39 is 0 Å². The molecule has 48 valence electrons. The zero-order valence-electron chi connectivity index (χ0n) is 4.63. The highest BCUT2D eigenvalue weighted by Crippen LogP contribution is 2.31. The summed E-state index contributed by atoms with van der Waals surface area (Å²) in [6.45, 7) is 0.768. The molecule has 0 saturated carbocycles. The van der Waals surface area contributed by atoms with Crippen LogP contribution >= 0.6 is 11.6 Å². The van der Waals surface area contributed by atoms with Gasteiger partial charge in [-0.3, -0.25) is 0 Å². The van der Waals surface area contributed by atoms with Gasteiger partial charge in [-0.15, -0.1) is 0 Å². The van der Waals surface area contributed by atoms with E-state index in [-0.39, 0.29) is 6.10 Å². The molecule has 2 nitrogen and oxygen atoms in total. The quantitative estimate of drug-likeness (QED) is 0.564. The number of ether oxygens (including phenoxy) is 1. The van der Waals surface area contributed by atoms with Gasteiger partial charge in [0.05, 0.1) is 6.61 Å². The molecule has 0 radical (unpaired) electrons. The predicted octanol–water partition coefficient (Wildman–Crippen LogP) is 2.00. The number of furan rings is 1. The first-order valence-electron chi connectivity index (χ1n) is 2.73. The minimum atomic E-state index is 0.178. The average molecular weight is 145 g/mol. The Morgan fingerprint density at radius 3 is 2.78 bits per heavy atom. The monoisotopic (exact) mass is 144 g/mol. The molecule has 0 bridgehead atoms. The summed E-state index contributed by atoms with van der Waals surface area (Å²) in [6, 6.07) is 3.55. The van der Waals surface area contributed by atoms with Gasteiger partial charge in [0.15, 0.2) is 5.22 Å². The molecule has 1 atom stereocenters. The van der Waals surface area contributed by atoms with Gasteiger partial charge in [-0.05, 0) is 23.7 Å². The minimum absolute atomic E-state index is 0.178. The van der Waals surface area contributed by atoms with Gasteiger partial charge in [-0.1, -0.05) is 0 Å². The van der Waals surface area contributed by atoms with Crippen LogP contribution in [-0.2, 0) is 4.74 Å². The first-order chi connectivity index (χ1) is 4.36. The Labute approximate surface area is 57.4 Å². The molecule has 2 rings (SSSR count). The highest BCUT2D eigenvalue weighted by atomic mass is 35.5. The largest absolute Gasteiger partial charge is 0.447 e. The molecule has 1 saturated heterocycles. The average Bonchev–Trinajstić information content (AvgIpc) is 2.58. The summed E-state index contributed by atoms with van der Waals surface area (Å²) in [7, 11) is 0. The highest BCUT2D eigenvalue weighted by Gasteiger charge is 2.27. The molecular weight excluding hydrogens is 140 g/mol. The van der Waals surface area contributed by atoms with Gasteiger partial charge >= 0.3 is 0 Å². The summed E-state index contributed by atoms with van der Waals surface area (Å²) >= 11 is 5.51. The Kier molecular flexibility index (Phi) is 1.04. The predicted molar refractivity (Wildman–Crippen MR) is 32.4 cm³/mol. The van der Waals surface area contributed by atoms with Crippen molar-refractivity contribution in [2.75, 3.05) is 6.61 Å². The lowest BCUT2D eigenvalue weighted by molar-refractivity contribution is 0.371. The third kappa shape index (κ3) is 0.955. The smallest absolute Gasteiger partial charge is 0.193 e. The standard InChI is InChI=1S/C6H5ClO2/c7-6-2-1-4(9-6)5-3-8-5/h1-2,5H,3H2. The first-order valence-corrected chi connectivity index (χ1v) is 3.11. The summed E-state index contributed by atoms with van der Waals surface area (Å²) in [5.41, 5.74) is 0. The zero-order chi connectivity index (χ0) is 6.27. The highest BCUT2D eigenvalue weighted by molar-refractivity contribution is 6.28. The van der Waals surface area contributed by atoms with Crippen LogP contribution in [0.3, 0.4) is 0 Å². The van der Waals surface area contributed by atoms with Crippen LogP contribution in [0.5, 0.6) is 0 Å². The number of hydrogen-bond donors (Lipinski definition) is 0. The lowest BCUT2D eigenvalue weighted by Crippen LogP contribution is -1.69. The van der Waals surface area contributed by atoms with Gasteiger partial charge in [-0.25, -0.2) is 0 Å². The van der Waals surface area contributed by atoms with Crippen LogP contribution in [0.25, 0.3) is 0 Å². The molecule has 1 unspecified atom stereocenters. The molecule has 1 aliphatic rings. The van der Waals surface area contributed by atoms with E-state index in [1.54, 1.807) is 6.07 Å². The van der Waals surface area contributed by atoms with Crippen LogP contribution in [0.15, 0.2) is 16.5 Å². The van der Waals surface area contributed by atoms with Gasteiger partial charge in [0.2, 0.25) is 0 Å². The number of rotatable bonds is 1. The van der Waals surface area contributed by atoms with Crippen LogP contribution in [0, 0.1) is 0 Å². The third-order valence-corrected chi connectivity index (χ3v) is 1.45. The van der Waals surface area contributed by atoms with Crippen molar-refractivity contribution in [1.82, 2.24) is 0 Å². The zero-order valence-corrected chi connectivity index (χ0v) is 5.39. The fraction of sp³-hybridized carbons (Fsp3) is 0.333. The van der Waals surface area contributed by atoms with E-state index in [2.05, 4.69) is 0 Å². The SMILES string of the molecule is Clc1ccc(C2CO2)o1. The second-order valence-electron chi connectivity index (χ2n) is 1.96. The second kappa shape index (κ2) is 1.75. The van der Waals surface area contributed by atoms with E-state index in [1.807, 2.05) is 6.07 Å². The number of halogens is 1. The van der Waals surface area contributed by atoms with Crippen molar-refractivity contribution < 1.29 is 9.15 Å². The molecule has 0 amide bonds. The molecular formula is C6H5ClO2. The molecule has 1 aromatic heterocycles. The van der Waals surface area contributed by atoms with E-state index in [4.69, 9.17) is 20.8 Å². The summed E-state index contributed by atoms with van der Waals surface area (Å²) in [4.78, 5) is 0. The Hall–Kier alpha value is -0.470. The van der Waals surface area contributed by atoms with Crippen molar-refractivity contribution in [2.45, 2.75) is 6.10 Å². The summed E-state index contributed by atoms with van der Waals surface area (Å²) in [5.74, 6) is 0.833. The Morgan fingerprint density at radius 1 is 1.56 bits per heavy atom. The van der Waals surface area contributed by atoms with Gasteiger partial charge < -0.3 is 9.15 Å². The Balaban J connectivity index is 2.28. The molecule has 1 aromatic rings. The van der Waals surface area contributed by atoms with Gasteiger partial charge in [0, 0.05) is 0 Å². The number of hydrogen-bond acceptors (Lipinski definition) is 2. The van der Waals surface area contributed by atoms with Gasteiger partial charge in [0.25, 0.3) is 0 Å². The second-order valence-corrected chi connectivity index (χ2v) is 2.34. The molecule has 9 heavy (non-hydrogen) atoms. The van der Waals surface area contributed by atoms with Crippen molar-refractivity contribution in [1.29, 1.82) is 0 Å². The van der Waals surface area contributed by atoms with E-state index in [0.717, 1.165) is 12.4 Å². The Bertz CT molecular complexity index is 215. The minimum Gasteiger partial charge on any atom is -0.447 e. The number of epoxide rings is 1. The summed E-state index contributed by atoms with van der Waals surface area (Å²) in [5, 5.41) is 0.431. The maximum absolute atomic E-state index is 5.51. The van der Waals surface area contributed by atoms with Crippen LogP contribution in [-0.4, -0.2) is 6.61 Å². The molecule has 3 heteroatoms. The molecule has 0 aliphatic carbocycles. The van der Waals surface area contributed by atoms with E-state index in [0.29, 0.717) is 5.22 Å². The lowest BCUT2D eigenvalue weighted by Gasteiger charge is -1.81. The van der Waals surface area contributed by atoms with Gasteiger partial charge in [0.1, 0.15) is 11.9 Å².